The number of para-hydroxylation sites is 1. The summed E-state index contributed by atoms with van der Waals surface area (Å²) in [6.07, 6.45) is -4.50. The quantitative estimate of drug-likeness (QED) is 0.658. The molecule has 0 saturated carbocycles. The molecule has 1 rings (SSSR count). The SMILES string of the molecule is CC(C)N(CC(F)(F)F)C(=O)c1cccc(N)c1O. The molecule has 19 heavy (non-hydrogen) atoms. The highest BCUT2D eigenvalue weighted by Gasteiger charge is 2.35. The maximum atomic E-state index is 12.4. The topological polar surface area (TPSA) is 66.6 Å². The average Bonchev–Trinajstić information content (AvgIpc) is 2.27. The number of halogens is 3. The van der Waals surface area contributed by atoms with E-state index in [0.717, 1.165) is 0 Å². The zero-order chi connectivity index (χ0) is 14.8. The predicted octanol–water partition coefficient (Wildman–Crippen LogP) is 2.39. The molecule has 0 aliphatic rings. The van der Waals surface area contributed by atoms with Crippen molar-refractivity contribution >= 4 is 11.6 Å². The van der Waals surface area contributed by atoms with Crippen LogP contribution in [0.3, 0.4) is 0 Å². The van der Waals surface area contributed by atoms with Crippen LogP contribution in [0.5, 0.6) is 5.75 Å². The molecule has 1 amide bonds. The van der Waals surface area contributed by atoms with E-state index >= 15 is 0 Å². The number of amides is 1. The minimum atomic E-state index is -4.50. The first kappa shape index (κ1) is 15.1. The lowest BCUT2D eigenvalue weighted by Crippen LogP contribution is -2.43. The molecule has 0 radical (unpaired) electrons. The molecule has 0 bridgehead atoms. The number of rotatable bonds is 3. The van der Waals surface area contributed by atoms with Crippen molar-refractivity contribution in [1.29, 1.82) is 0 Å². The van der Waals surface area contributed by atoms with E-state index in [-0.39, 0.29) is 11.3 Å². The third kappa shape index (κ3) is 3.77. The van der Waals surface area contributed by atoms with E-state index in [0.29, 0.717) is 4.90 Å². The molecule has 0 unspecified atom stereocenters. The lowest BCUT2D eigenvalue weighted by atomic mass is 10.1. The third-order valence-electron chi connectivity index (χ3n) is 2.53. The highest BCUT2D eigenvalue weighted by atomic mass is 19.4. The van der Waals surface area contributed by atoms with Crippen molar-refractivity contribution in [3.05, 3.63) is 23.8 Å². The van der Waals surface area contributed by atoms with Gasteiger partial charge in [-0.25, -0.2) is 0 Å². The van der Waals surface area contributed by atoms with Gasteiger partial charge < -0.3 is 15.7 Å². The van der Waals surface area contributed by atoms with Crippen LogP contribution >= 0.6 is 0 Å². The van der Waals surface area contributed by atoms with E-state index in [9.17, 15) is 23.1 Å². The monoisotopic (exact) mass is 276 g/mol. The second kappa shape index (κ2) is 5.38. The van der Waals surface area contributed by atoms with Crippen LogP contribution in [-0.4, -0.2) is 34.7 Å². The average molecular weight is 276 g/mol. The summed E-state index contributed by atoms with van der Waals surface area (Å²) in [7, 11) is 0. The first-order chi connectivity index (χ1) is 8.63. The molecule has 7 heteroatoms. The first-order valence-electron chi connectivity index (χ1n) is 5.58. The second-order valence-electron chi connectivity index (χ2n) is 4.39. The van der Waals surface area contributed by atoms with E-state index in [4.69, 9.17) is 5.73 Å². The maximum absolute atomic E-state index is 12.4. The fourth-order valence-electron chi connectivity index (χ4n) is 1.57. The van der Waals surface area contributed by atoms with Crippen LogP contribution in [-0.2, 0) is 0 Å². The van der Waals surface area contributed by atoms with Gasteiger partial charge in [0.2, 0.25) is 0 Å². The van der Waals surface area contributed by atoms with Crippen LogP contribution in [0.2, 0.25) is 0 Å². The molecular weight excluding hydrogens is 261 g/mol. The summed E-state index contributed by atoms with van der Waals surface area (Å²) >= 11 is 0. The van der Waals surface area contributed by atoms with Gasteiger partial charge in [-0.3, -0.25) is 4.79 Å². The number of hydrogen-bond donors (Lipinski definition) is 2. The zero-order valence-electron chi connectivity index (χ0n) is 10.5. The number of nitrogens with zero attached hydrogens (tertiary/aromatic N) is 1. The second-order valence-corrected chi connectivity index (χ2v) is 4.39. The number of alkyl halides is 3. The fraction of sp³-hybridized carbons (Fsp3) is 0.417. The maximum Gasteiger partial charge on any atom is 0.406 e. The van der Waals surface area contributed by atoms with Gasteiger partial charge in [0.25, 0.3) is 5.91 Å². The van der Waals surface area contributed by atoms with Crippen molar-refractivity contribution in [2.24, 2.45) is 0 Å². The van der Waals surface area contributed by atoms with Crippen molar-refractivity contribution < 1.29 is 23.1 Å². The summed E-state index contributed by atoms with van der Waals surface area (Å²) in [5.74, 6) is -1.41. The molecule has 0 spiro atoms. The van der Waals surface area contributed by atoms with Gasteiger partial charge in [0.1, 0.15) is 6.54 Å². The summed E-state index contributed by atoms with van der Waals surface area (Å²) in [5, 5.41) is 9.64. The molecule has 0 fully saturated rings. The molecule has 0 aromatic heterocycles. The molecule has 0 aliphatic heterocycles. The Kier molecular flexibility index (Phi) is 4.28. The standard InChI is InChI=1S/C12H15F3N2O2/c1-7(2)17(6-12(13,14)15)11(19)8-4-3-5-9(16)10(8)18/h3-5,7,18H,6,16H2,1-2H3. The Balaban J connectivity index is 3.10. The summed E-state index contributed by atoms with van der Waals surface area (Å²) in [4.78, 5) is 12.7. The smallest absolute Gasteiger partial charge is 0.406 e. The molecule has 0 atom stereocenters. The van der Waals surface area contributed by atoms with Crippen LogP contribution in [0.15, 0.2) is 18.2 Å². The van der Waals surface area contributed by atoms with Crippen molar-refractivity contribution in [3.8, 4) is 5.75 Å². The Morgan fingerprint density at radius 2 is 2.00 bits per heavy atom. The van der Waals surface area contributed by atoms with Gasteiger partial charge in [0.05, 0.1) is 11.3 Å². The summed E-state index contributed by atoms with van der Waals surface area (Å²) in [5.41, 5.74) is 5.13. The number of phenols is 1. The molecule has 4 nitrogen and oxygen atoms in total. The Labute approximate surface area is 108 Å². The van der Waals surface area contributed by atoms with Gasteiger partial charge in [-0.1, -0.05) is 6.07 Å². The molecule has 0 aliphatic carbocycles. The van der Waals surface area contributed by atoms with E-state index < -0.39 is 30.4 Å². The lowest BCUT2D eigenvalue weighted by molar-refractivity contribution is -0.143. The number of anilines is 1. The predicted molar refractivity (Wildman–Crippen MR) is 64.7 cm³/mol. The number of nitrogens with two attached hydrogens (primary N) is 1. The largest absolute Gasteiger partial charge is 0.505 e. The van der Waals surface area contributed by atoms with Crippen molar-refractivity contribution in [2.75, 3.05) is 12.3 Å². The van der Waals surface area contributed by atoms with Crippen LogP contribution in [0.1, 0.15) is 24.2 Å². The van der Waals surface area contributed by atoms with Crippen LogP contribution in [0.25, 0.3) is 0 Å². The van der Waals surface area contributed by atoms with Crippen molar-refractivity contribution in [2.45, 2.75) is 26.1 Å². The number of nitrogen functional groups attached to an aromatic ring is 1. The number of aromatic hydroxyl groups is 1. The van der Waals surface area contributed by atoms with E-state index in [1.165, 1.54) is 32.0 Å². The molecular formula is C12H15F3N2O2. The molecule has 106 valence electrons. The molecule has 1 aromatic carbocycles. The minimum absolute atomic E-state index is 0.0541. The molecule has 0 heterocycles. The van der Waals surface area contributed by atoms with Crippen molar-refractivity contribution in [3.63, 3.8) is 0 Å². The number of benzene rings is 1. The van der Waals surface area contributed by atoms with E-state index in [1.54, 1.807) is 0 Å². The fourth-order valence-corrected chi connectivity index (χ4v) is 1.57. The Morgan fingerprint density at radius 1 is 1.42 bits per heavy atom. The van der Waals surface area contributed by atoms with Gasteiger partial charge >= 0.3 is 6.18 Å². The van der Waals surface area contributed by atoms with E-state index in [1.807, 2.05) is 0 Å². The zero-order valence-corrected chi connectivity index (χ0v) is 10.5. The number of carbonyl (C=O) groups is 1. The van der Waals surface area contributed by atoms with Gasteiger partial charge in [-0.2, -0.15) is 13.2 Å². The van der Waals surface area contributed by atoms with Crippen LogP contribution in [0.4, 0.5) is 18.9 Å². The molecule has 1 aromatic rings. The Bertz CT molecular complexity index is 473. The number of carbonyl (C=O) groups excluding carboxylic acids is 1. The Hall–Kier alpha value is -1.92. The lowest BCUT2D eigenvalue weighted by Gasteiger charge is -2.28. The number of phenolic OH excluding ortho intramolecular Hbond substituents is 1. The van der Waals surface area contributed by atoms with Gasteiger partial charge in [0, 0.05) is 6.04 Å². The van der Waals surface area contributed by atoms with Gasteiger partial charge in [-0.05, 0) is 26.0 Å². The van der Waals surface area contributed by atoms with Crippen LogP contribution in [0, 0.1) is 0 Å². The minimum Gasteiger partial charge on any atom is -0.505 e. The highest BCUT2D eigenvalue weighted by molar-refractivity contribution is 5.98. The summed E-state index contributed by atoms with van der Waals surface area (Å²) in [6.45, 7) is 1.55. The third-order valence-corrected chi connectivity index (χ3v) is 2.53. The summed E-state index contributed by atoms with van der Waals surface area (Å²) < 4.78 is 37.3. The molecule has 0 saturated heterocycles. The Morgan fingerprint density at radius 3 is 2.47 bits per heavy atom. The highest BCUT2D eigenvalue weighted by Crippen LogP contribution is 2.27. The normalized spacial score (nSPS) is 11.7. The van der Waals surface area contributed by atoms with Crippen LogP contribution < -0.4 is 5.73 Å². The summed E-state index contributed by atoms with van der Waals surface area (Å²) in [6, 6.07) is 3.33. The number of hydrogen-bond acceptors (Lipinski definition) is 3. The molecule has 3 N–H and O–H groups in total. The van der Waals surface area contributed by atoms with Gasteiger partial charge in [0.15, 0.2) is 5.75 Å². The van der Waals surface area contributed by atoms with Gasteiger partial charge in [-0.15, -0.1) is 0 Å². The van der Waals surface area contributed by atoms with Crippen molar-refractivity contribution in [1.82, 2.24) is 4.90 Å². The first-order valence-corrected chi connectivity index (χ1v) is 5.58. The van der Waals surface area contributed by atoms with E-state index in [2.05, 4.69) is 0 Å².